The van der Waals surface area contributed by atoms with Crippen LogP contribution in [-0.4, -0.2) is 9.97 Å². The highest BCUT2D eigenvalue weighted by Crippen LogP contribution is 2.19. The number of rotatable bonds is 1. The number of nitrogens with zero attached hydrogens (tertiary/aromatic N) is 1. The van der Waals surface area contributed by atoms with Crippen molar-refractivity contribution in [2.24, 2.45) is 0 Å². The summed E-state index contributed by atoms with van der Waals surface area (Å²) in [5.74, 6) is 0. The molecule has 0 atom stereocenters. The van der Waals surface area contributed by atoms with E-state index in [1.165, 1.54) is 10.9 Å². The second-order valence-corrected chi connectivity index (χ2v) is 3.11. The minimum Gasteiger partial charge on any atom is -0.361 e. The van der Waals surface area contributed by atoms with Crippen molar-refractivity contribution in [3.05, 3.63) is 29.2 Å². The number of pyridine rings is 1. The predicted molar refractivity (Wildman–Crippen MR) is 50.5 cm³/mol. The Morgan fingerprint density at radius 1 is 1.58 bits per heavy atom. The number of hydrogen-bond donors (Lipinski definition) is 1. The van der Waals surface area contributed by atoms with Crippen molar-refractivity contribution in [3.63, 3.8) is 0 Å². The summed E-state index contributed by atoms with van der Waals surface area (Å²) in [6, 6.07) is 1.84. The minimum atomic E-state index is 0.534. The molecule has 0 spiro atoms. The summed E-state index contributed by atoms with van der Waals surface area (Å²) in [6.07, 6.45) is 4.83. The molecule has 2 nitrogen and oxygen atoms in total. The molecule has 2 aromatic heterocycles. The van der Waals surface area contributed by atoms with Crippen LogP contribution in [0.1, 0.15) is 12.5 Å². The summed E-state index contributed by atoms with van der Waals surface area (Å²) < 4.78 is 0. The maximum atomic E-state index is 5.74. The summed E-state index contributed by atoms with van der Waals surface area (Å²) in [5.41, 5.74) is 2.35. The van der Waals surface area contributed by atoms with Crippen molar-refractivity contribution >= 4 is 22.5 Å². The number of aromatic amines is 1. The van der Waals surface area contributed by atoms with E-state index in [0.29, 0.717) is 5.15 Å². The Hall–Kier alpha value is -1.02. The summed E-state index contributed by atoms with van der Waals surface area (Å²) in [4.78, 5) is 7.19. The van der Waals surface area contributed by atoms with Gasteiger partial charge in [0.2, 0.25) is 0 Å². The van der Waals surface area contributed by atoms with Crippen molar-refractivity contribution in [2.45, 2.75) is 13.3 Å². The van der Waals surface area contributed by atoms with Crippen LogP contribution >= 0.6 is 11.6 Å². The van der Waals surface area contributed by atoms with Crippen molar-refractivity contribution in [2.75, 3.05) is 0 Å². The molecule has 0 unspecified atom stereocenters. The van der Waals surface area contributed by atoms with E-state index in [1.807, 2.05) is 18.5 Å². The lowest BCUT2D eigenvalue weighted by molar-refractivity contribution is 1.15. The molecule has 0 fully saturated rings. The van der Waals surface area contributed by atoms with Crippen LogP contribution in [0, 0.1) is 0 Å². The standard InChI is InChI=1S/C9H9ClN2/c1-2-6-4-11-8-3-9(10)12-5-7(6)8/h3-5,11H,2H2,1H3. The van der Waals surface area contributed by atoms with Crippen molar-refractivity contribution in [3.8, 4) is 0 Å². The molecule has 2 rings (SSSR count). The van der Waals surface area contributed by atoms with E-state index in [2.05, 4.69) is 16.9 Å². The summed E-state index contributed by atoms with van der Waals surface area (Å²) in [6.45, 7) is 2.12. The van der Waals surface area contributed by atoms with Gasteiger partial charge < -0.3 is 4.98 Å². The quantitative estimate of drug-likeness (QED) is 0.672. The zero-order chi connectivity index (χ0) is 8.55. The normalized spacial score (nSPS) is 10.8. The van der Waals surface area contributed by atoms with Gasteiger partial charge in [0.05, 0.1) is 5.52 Å². The van der Waals surface area contributed by atoms with E-state index < -0.39 is 0 Å². The molecule has 1 N–H and O–H groups in total. The second kappa shape index (κ2) is 2.79. The van der Waals surface area contributed by atoms with Gasteiger partial charge >= 0.3 is 0 Å². The van der Waals surface area contributed by atoms with E-state index in [1.54, 1.807) is 0 Å². The molecular weight excluding hydrogens is 172 g/mol. The molecule has 0 radical (unpaired) electrons. The van der Waals surface area contributed by atoms with Gasteiger partial charge in [-0.2, -0.15) is 0 Å². The molecule has 0 saturated heterocycles. The molecule has 0 aliphatic heterocycles. The van der Waals surface area contributed by atoms with Gasteiger partial charge in [-0.25, -0.2) is 4.98 Å². The average molecular weight is 181 g/mol. The van der Waals surface area contributed by atoms with E-state index >= 15 is 0 Å². The number of aromatic nitrogens is 2. The van der Waals surface area contributed by atoms with E-state index in [0.717, 1.165) is 11.9 Å². The van der Waals surface area contributed by atoms with Gasteiger partial charge in [0.1, 0.15) is 5.15 Å². The number of nitrogens with one attached hydrogen (secondary N) is 1. The van der Waals surface area contributed by atoms with Gasteiger partial charge in [-0.05, 0) is 18.1 Å². The lowest BCUT2D eigenvalue weighted by Gasteiger charge is -1.92. The van der Waals surface area contributed by atoms with E-state index in [4.69, 9.17) is 11.6 Å². The lowest BCUT2D eigenvalue weighted by atomic mass is 10.2. The first-order valence-corrected chi connectivity index (χ1v) is 4.30. The smallest absolute Gasteiger partial charge is 0.131 e. The Balaban J connectivity index is 2.73. The number of aryl methyl sites for hydroxylation is 1. The van der Waals surface area contributed by atoms with Gasteiger partial charge in [-0.1, -0.05) is 18.5 Å². The van der Waals surface area contributed by atoms with E-state index in [-0.39, 0.29) is 0 Å². The average Bonchev–Trinajstić information content (AvgIpc) is 2.46. The highest BCUT2D eigenvalue weighted by Gasteiger charge is 2.01. The summed E-state index contributed by atoms with van der Waals surface area (Å²) >= 11 is 5.74. The monoisotopic (exact) mass is 180 g/mol. The van der Waals surface area contributed by atoms with Crippen molar-refractivity contribution in [1.29, 1.82) is 0 Å². The Labute approximate surface area is 75.6 Å². The van der Waals surface area contributed by atoms with E-state index in [9.17, 15) is 0 Å². The van der Waals surface area contributed by atoms with Crippen LogP contribution in [0.15, 0.2) is 18.5 Å². The van der Waals surface area contributed by atoms with Gasteiger partial charge in [-0.3, -0.25) is 0 Å². The largest absolute Gasteiger partial charge is 0.361 e. The van der Waals surface area contributed by atoms with Crippen molar-refractivity contribution in [1.82, 2.24) is 9.97 Å². The van der Waals surface area contributed by atoms with Gasteiger partial charge in [-0.15, -0.1) is 0 Å². The Morgan fingerprint density at radius 2 is 2.42 bits per heavy atom. The topological polar surface area (TPSA) is 28.7 Å². The van der Waals surface area contributed by atoms with Crippen LogP contribution in [0.2, 0.25) is 5.15 Å². The highest BCUT2D eigenvalue weighted by atomic mass is 35.5. The fourth-order valence-corrected chi connectivity index (χ4v) is 1.50. The molecule has 0 bridgehead atoms. The first-order chi connectivity index (χ1) is 5.81. The Morgan fingerprint density at radius 3 is 3.17 bits per heavy atom. The zero-order valence-electron chi connectivity index (χ0n) is 6.76. The SMILES string of the molecule is CCc1c[nH]c2cc(Cl)ncc12. The maximum Gasteiger partial charge on any atom is 0.131 e. The molecule has 12 heavy (non-hydrogen) atoms. The Kier molecular flexibility index (Phi) is 1.77. The van der Waals surface area contributed by atoms with Crippen LogP contribution in [0.3, 0.4) is 0 Å². The van der Waals surface area contributed by atoms with Crippen LogP contribution in [0.4, 0.5) is 0 Å². The molecule has 0 aliphatic rings. The van der Waals surface area contributed by atoms with Gasteiger partial charge in [0.25, 0.3) is 0 Å². The number of hydrogen-bond acceptors (Lipinski definition) is 1. The number of H-pyrrole nitrogens is 1. The third kappa shape index (κ3) is 1.08. The van der Waals surface area contributed by atoms with Gasteiger partial charge in [0, 0.05) is 17.8 Å². The fraction of sp³-hybridized carbons (Fsp3) is 0.222. The zero-order valence-corrected chi connectivity index (χ0v) is 7.52. The summed E-state index contributed by atoms with van der Waals surface area (Å²) in [5, 5.41) is 1.70. The van der Waals surface area contributed by atoms with Crippen LogP contribution in [0.5, 0.6) is 0 Å². The first-order valence-electron chi connectivity index (χ1n) is 3.92. The molecule has 0 amide bonds. The minimum absolute atomic E-state index is 0.534. The van der Waals surface area contributed by atoms with Crippen molar-refractivity contribution < 1.29 is 0 Å². The molecule has 0 aromatic carbocycles. The molecular formula is C9H9ClN2. The molecule has 3 heteroatoms. The van der Waals surface area contributed by atoms with Crippen LogP contribution in [-0.2, 0) is 6.42 Å². The number of halogens is 1. The molecule has 0 saturated carbocycles. The number of fused-ring (bicyclic) bond motifs is 1. The molecule has 2 heterocycles. The first kappa shape index (κ1) is 7.62. The molecule has 2 aromatic rings. The lowest BCUT2D eigenvalue weighted by Crippen LogP contribution is -1.77. The second-order valence-electron chi connectivity index (χ2n) is 2.72. The highest BCUT2D eigenvalue weighted by molar-refractivity contribution is 6.30. The van der Waals surface area contributed by atoms with Crippen LogP contribution < -0.4 is 0 Å². The van der Waals surface area contributed by atoms with Crippen LogP contribution in [0.25, 0.3) is 10.9 Å². The summed E-state index contributed by atoms with van der Waals surface area (Å²) in [7, 11) is 0. The third-order valence-corrected chi connectivity index (χ3v) is 2.21. The fourth-order valence-electron chi connectivity index (χ4n) is 1.34. The Bertz CT molecular complexity index is 406. The molecule has 0 aliphatic carbocycles. The van der Waals surface area contributed by atoms with Gasteiger partial charge in [0.15, 0.2) is 0 Å². The third-order valence-electron chi connectivity index (χ3n) is 2.00. The predicted octanol–water partition coefficient (Wildman–Crippen LogP) is 2.78. The maximum absolute atomic E-state index is 5.74. The molecule has 62 valence electrons.